The monoisotopic (exact) mass is 468 g/mol. The molecule has 146 valence electrons. The Bertz CT molecular complexity index is 1200. The van der Waals surface area contributed by atoms with E-state index in [1.807, 2.05) is 41.9 Å². The molecule has 2 heterocycles. The maximum absolute atomic E-state index is 12.7. The number of Topliss-reactive ketones (excluding diaryl/α,β-unsaturated/α-hetero) is 1. The van der Waals surface area contributed by atoms with Gasteiger partial charge in [0.2, 0.25) is 5.78 Å². The summed E-state index contributed by atoms with van der Waals surface area (Å²) in [5, 5.41) is 5.47. The lowest BCUT2D eigenvalue weighted by atomic mass is 10.1. The molecular formula is C22H17BrN2O3S. The van der Waals surface area contributed by atoms with Gasteiger partial charge in [-0.1, -0.05) is 46.3 Å². The fourth-order valence-corrected chi connectivity index (χ4v) is 4.34. The van der Waals surface area contributed by atoms with Crippen molar-refractivity contribution in [3.05, 3.63) is 81.3 Å². The lowest BCUT2D eigenvalue weighted by molar-refractivity contribution is 0.0323. The van der Waals surface area contributed by atoms with Crippen LogP contribution in [0.4, 0.5) is 0 Å². The Hall–Kier alpha value is -2.77. The van der Waals surface area contributed by atoms with E-state index in [1.54, 1.807) is 37.3 Å². The zero-order valence-electron chi connectivity index (χ0n) is 15.8. The van der Waals surface area contributed by atoms with Crippen LogP contribution in [0.2, 0.25) is 0 Å². The number of aromatic nitrogens is 2. The number of para-hydroxylation sites is 1. The molecule has 1 unspecified atom stereocenters. The van der Waals surface area contributed by atoms with E-state index in [0.29, 0.717) is 10.4 Å². The summed E-state index contributed by atoms with van der Waals surface area (Å²) in [7, 11) is 0. The van der Waals surface area contributed by atoms with Gasteiger partial charge in [-0.3, -0.25) is 4.79 Å². The van der Waals surface area contributed by atoms with Crippen molar-refractivity contribution in [1.29, 1.82) is 0 Å². The molecule has 1 atom stereocenters. The van der Waals surface area contributed by atoms with Crippen LogP contribution in [-0.2, 0) is 4.74 Å². The Labute approximate surface area is 180 Å². The third-order valence-corrected chi connectivity index (χ3v) is 6.15. The quantitative estimate of drug-likeness (QED) is 0.283. The summed E-state index contributed by atoms with van der Waals surface area (Å²) in [5.74, 6) is -0.748. The number of esters is 1. The molecule has 0 aliphatic heterocycles. The maximum atomic E-state index is 12.7. The molecule has 0 saturated carbocycles. The number of halogens is 1. The SMILES string of the molecule is Cc1nn(-c2ccccc2)c2sc(C(=O)OC(C)C(=O)c3ccc(Br)cc3)cc12. The standard InChI is InChI=1S/C22H17BrN2O3S/c1-13-18-12-19(29-21(18)25(24-13)17-6-4-3-5-7-17)22(27)28-14(2)20(26)15-8-10-16(23)11-9-15/h3-12,14H,1-2H3. The summed E-state index contributed by atoms with van der Waals surface area (Å²) in [5.41, 5.74) is 2.25. The van der Waals surface area contributed by atoms with Gasteiger partial charge < -0.3 is 4.74 Å². The van der Waals surface area contributed by atoms with Crippen LogP contribution in [0.1, 0.15) is 32.6 Å². The molecule has 4 rings (SSSR count). The van der Waals surface area contributed by atoms with Gasteiger partial charge in [0.15, 0.2) is 6.10 Å². The molecule has 5 nitrogen and oxygen atoms in total. The predicted octanol–water partition coefficient (Wildman–Crippen LogP) is 5.59. The lowest BCUT2D eigenvalue weighted by Crippen LogP contribution is -2.24. The van der Waals surface area contributed by atoms with Gasteiger partial charge >= 0.3 is 5.97 Å². The third-order valence-electron chi connectivity index (χ3n) is 4.53. The fourth-order valence-electron chi connectivity index (χ4n) is 3.01. The number of rotatable bonds is 5. The Morgan fingerprint density at radius 3 is 2.48 bits per heavy atom. The number of hydrogen-bond acceptors (Lipinski definition) is 5. The number of nitrogens with zero attached hydrogens (tertiary/aromatic N) is 2. The van der Waals surface area contributed by atoms with Gasteiger partial charge in [-0.25, -0.2) is 9.48 Å². The zero-order chi connectivity index (χ0) is 20.5. The summed E-state index contributed by atoms with van der Waals surface area (Å²) in [6.07, 6.45) is -0.874. The number of carbonyl (C=O) groups is 2. The van der Waals surface area contributed by atoms with E-state index in [1.165, 1.54) is 11.3 Å². The lowest BCUT2D eigenvalue weighted by Gasteiger charge is -2.11. The van der Waals surface area contributed by atoms with Crippen LogP contribution in [0.25, 0.3) is 15.9 Å². The minimum Gasteiger partial charge on any atom is -0.450 e. The highest BCUT2D eigenvalue weighted by Gasteiger charge is 2.23. The summed E-state index contributed by atoms with van der Waals surface area (Å²) in [4.78, 5) is 26.5. The second-order valence-electron chi connectivity index (χ2n) is 6.58. The molecule has 0 bridgehead atoms. The summed E-state index contributed by atoms with van der Waals surface area (Å²) < 4.78 is 8.15. The molecule has 0 aliphatic rings. The van der Waals surface area contributed by atoms with Crippen molar-refractivity contribution in [1.82, 2.24) is 9.78 Å². The molecule has 0 aliphatic carbocycles. The van der Waals surface area contributed by atoms with Crippen molar-refractivity contribution >= 4 is 49.2 Å². The van der Waals surface area contributed by atoms with E-state index in [-0.39, 0.29) is 5.78 Å². The molecule has 0 amide bonds. The second-order valence-corrected chi connectivity index (χ2v) is 8.53. The summed E-state index contributed by atoms with van der Waals surface area (Å²) >= 11 is 4.65. The van der Waals surface area contributed by atoms with Gasteiger partial charge in [0, 0.05) is 15.4 Å². The van der Waals surface area contributed by atoms with Crippen molar-refractivity contribution < 1.29 is 14.3 Å². The van der Waals surface area contributed by atoms with Crippen molar-refractivity contribution in [3.8, 4) is 5.69 Å². The average molecular weight is 469 g/mol. The van der Waals surface area contributed by atoms with Crippen molar-refractivity contribution in [3.63, 3.8) is 0 Å². The first-order valence-corrected chi connectivity index (χ1v) is 10.6. The first-order valence-electron chi connectivity index (χ1n) is 8.99. The zero-order valence-corrected chi connectivity index (χ0v) is 18.2. The van der Waals surface area contributed by atoms with Gasteiger partial charge in [-0.15, -0.1) is 11.3 Å². The number of carbonyl (C=O) groups excluding carboxylic acids is 2. The van der Waals surface area contributed by atoms with Gasteiger partial charge in [0.05, 0.1) is 11.4 Å². The van der Waals surface area contributed by atoms with E-state index in [4.69, 9.17) is 4.74 Å². The van der Waals surface area contributed by atoms with E-state index in [2.05, 4.69) is 21.0 Å². The first-order chi connectivity index (χ1) is 13.9. The normalized spacial score (nSPS) is 12.1. The van der Waals surface area contributed by atoms with Crippen LogP contribution in [0, 0.1) is 6.92 Å². The van der Waals surface area contributed by atoms with E-state index in [9.17, 15) is 9.59 Å². The van der Waals surface area contributed by atoms with Crippen molar-refractivity contribution in [2.24, 2.45) is 0 Å². The number of aryl methyl sites for hydroxylation is 1. The van der Waals surface area contributed by atoms with Crippen molar-refractivity contribution in [2.45, 2.75) is 20.0 Å². The van der Waals surface area contributed by atoms with Crippen LogP contribution >= 0.6 is 27.3 Å². The van der Waals surface area contributed by atoms with Crippen LogP contribution in [-0.4, -0.2) is 27.6 Å². The average Bonchev–Trinajstić information content (AvgIpc) is 3.29. The maximum Gasteiger partial charge on any atom is 0.349 e. The Kier molecular flexibility index (Phi) is 5.34. The van der Waals surface area contributed by atoms with Crippen molar-refractivity contribution in [2.75, 3.05) is 0 Å². The Balaban J connectivity index is 1.57. The number of ether oxygens (including phenoxy) is 1. The molecule has 4 aromatic rings. The minimum atomic E-state index is -0.874. The van der Waals surface area contributed by atoms with Gasteiger partial charge in [0.25, 0.3) is 0 Å². The molecule has 2 aromatic heterocycles. The number of thiophene rings is 1. The van der Waals surface area contributed by atoms with Gasteiger partial charge in [-0.05, 0) is 44.2 Å². The number of fused-ring (bicyclic) bond motifs is 1. The van der Waals surface area contributed by atoms with Crippen LogP contribution in [0.15, 0.2) is 65.1 Å². The smallest absolute Gasteiger partial charge is 0.349 e. The highest BCUT2D eigenvalue weighted by molar-refractivity contribution is 9.10. The van der Waals surface area contributed by atoms with Gasteiger partial charge in [-0.2, -0.15) is 5.10 Å². The van der Waals surface area contributed by atoms with E-state index < -0.39 is 12.1 Å². The molecule has 0 fully saturated rings. The molecule has 0 N–H and O–H groups in total. The molecule has 0 spiro atoms. The predicted molar refractivity (Wildman–Crippen MR) is 117 cm³/mol. The topological polar surface area (TPSA) is 61.2 Å². The first kappa shape index (κ1) is 19.5. The van der Waals surface area contributed by atoms with E-state index >= 15 is 0 Å². The Morgan fingerprint density at radius 2 is 1.79 bits per heavy atom. The molecule has 0 saturated heterocycles. The minimum absolute atomic E-state index is 0.237. The largest absolute Gasteiger partial charge is 0.450 e. The number of benzene rings is 2. The molecule has 7 heteroatoms. The number of hydrogen-bond donors (Lipinski definition) is 0. The summed E-state index contributed by atoms with van der Waals surface area (Å²) in [6.45, 7) is 3.50. The van der Waals surface area contributed by atoms with Gasteiger partial charge in [0.1, 0.15) is 9.71 Å². The fraction of sp³-hybridized carbons (Fsp3) is 0.136. The van der Waals surface area contributed by atoms with E-state index in [0.717, 1.165) is 26.1 Å². The third kappa shape index (κ3) is 3.88. The van der Waals surface area contributed by atoms with Crippen LogP contribution in [0.3, 0.4) is 0 Å². The Morgan fingerprint density at radius 1 is 1.10 bits per heavy atom. The molecule has 0 radical (unpaired) electrons. The van der Waals surface area contributed by atoms with Crippen LogP contribution in [0.5, 0.6) is 0 Å². The summed E-state index contributed by atoms with van der Waals surface area (Å²) in [6, 6.07) is 18.5. The number of ketones is 1. The highest BCUT2D eigenvalue weighted by Crippen LogP contribution is 2.31. The molecular weight excluding hydrogens is 452 g/mol. The van der Waals surface area contributed by atoms with Crippen LogP contribution < -0.4 is 0 Å². The molecule has 2 aromatic carbocycles. The highest BCUT2D eigenvalue weighted by atomic mass is 79.9. The molecule has 29 heavy (non-hydrogen) atoms. The second kappa shape index (κ2) is 7.93.